The lowest BCUT2D eigenvalue weighted by atomic mass is 10.2. The van der Waals surface area contributed by atoms with Crippen molar-refractivity contribution in [1.82, 2.24) is 4.98 Å². The minimum absolute atomic E-state index is 0.149. The maximum absolute atomic E-state index is 8.79. The van der Waals surface area contributed by atoms with Gasteiger partial charge in [0.1, 0.15) is 0 Å². The summed E-state index contributed by atoms with van der Waals surface area (Å²) in [5.74, 6) is 0.549. The van der Waals surface area contributed by atoms with Crippen LogP contribution in [0.15, 0.2) is 12.1 Å². The van der Waals surface area contributed by atoms with E-state index in [0.717, 1.165) is 18.5 Å². The van der Waals surface area contributed by atoms with Crippen LogP contribution in [0.5, 0.6) is 5.88 Å². The molecule has 0 amide bonds. The van der Waals surface area contributed by atoms with Crippen LogP contribution >= 0.6 is 0 Å². The number of hydrogen-bond donors (Lipinski definition) is 0. The topological polar surface area (TPSA) is 45.9 Å². The number of ether oxygens (including phenoxy) is 1. The van der Waals surface area contributed by atoms with Crippen molar-refractivity contribution < 1.29 is 4.74 Å². The normalized spacial score (nSPS) is 11.9. The first-order valence-electron chi connectivity index (χ1n) is 5.21. The van der Waals surface area contributed by atoms with E-state index < -0.39 is 0 Å². The van der Waals surface area contributed by atoms with Crippen molar-refractivity contribution in [3.63, 3.8) is 0 Å². The summed E-state index contributed by atoms with van der Waals surface area (Å²) in [7, 11) is 0. The highest BCUT2D eigenvalue weighted by Crippen LogP contribution is 2.14. The molecule has 0 bridgehead atoms. The van der Waals surface area contributed by atoms with Gasteiger partial charge in [0, 0.05) is 11.8 Å². The summed E-state index contributed by atoms with van der Waals surface area (Å²) in [6.45, 7) is 5.99. The third-order valence-corrected chi connectivity index (χ3v) is 2.08. The predicted octanol–water partition coefficient (Wildman–Crippen LogP) is 2.83. The number of aryl methyl sites for hydroxylation is 1. The Morgan fingerprint density at radius 1 is 1.53 bits per heavy atom. The summed E-state index contributed by atoms with van der Waals surface area (Å²) in [4.78, 5) is 4.23. The lowest BCUT2D eigenvalue weighted by molar-refractivity contribution is 0.201. The highest BCUT2D eigenvalue weighted by Gasteiger charge is 2.05. The van der Waals surface area contributed by atoms with Gasteiger partial charge in [-0.1, -0.05) is 13.3 Å². The Bertz CT molecular complexity index is 368. The van der Waals surface area contributed by atoms with E-state index in [1.54, 1.807) is 12.1 Å². The van der Waals surface area contributed by atoms with Crippen molar-refractivity contribution in [2.45, 2.75) is 39.7 Å². The lowest BCUT2D eigenvalue weighted by Crippen LogP contribution is -2.12. The number of rotatable bonds is 4. The third kappa shape index (κ3) is 3.59. The summed E-state index contributed by atoms with van der Waals surface area (Å²) in [6, 6.07) is 5.52. The largest absolute Gasteiger partial charge is 0.475 e. The van der Waals surface area contributed by atoms with Gasteiger partial charge in [-0.25, -0.2) is 4.98 Å². The van der Waals surface area contributed by atoms with Crippen LogP contribution in [-0.2, 0) is 0 Å². The second-order valence-corrected chi connectivity index (χ2v) is 3.66. The van der Waals surface area contributed by atoms with E-state index >= 15 is 0 Å². The van der Waals surface area contributed by atoms with Crippen molar-refractivity contribution in [1.29, 1.82) is 5.26 Å². The fourth-order valence-corrected chi connectivity index (χ4v) is 1.43. The van der Waals surface area contributed by atoms with E-state index in [1.807, 2.05) is 13.8 Å². The first-order chi connectivity index (χ1) is 7.15. The molecule has 0 aliphatic carbocycles. The fourth-order valence-electron chi connectivity index (χ4n) is 1.43. The van der Waals surface area contributed by atoms with Gasteiger partial charge in [-0.15, -0.1) is 0 Å². The standard InChI is InChI=1S/C12H16N2O/c1-4-5-10(3)15-12-7-11(8-13)6-9(2)14-12/h6-7,10H,4-5H2,1-3H3. The van der Waals surface area contributed by atoms with Gasteiger partial charge in [0.2, 0.25) is 5.88 Å². The molecule has 0 aromatic carbocycles. The molecule has 1 aromatic rings. The summed E-state index contributed by atoms with van der Waals surface area (Å²) >= 11 is 0. The van der Waals surface area contributed by atoms with Gasteiger partial charge in [0.05, 0.1) is 17.7 Å². The van der Waals surface area contributed by atoms with Gasteiger partial charge in [-0.3, -0.25) is 0 Å². The molecule has 3 heteroatoms. The average molecular weight is 204 g/mol. The van der Waals surface area contributed by atoms with E-state index in [-0.39, 0.29) is 6.10 Å². The number of nitrogens with zero attached hydrogens (tertiary/aromatic N) is 2. The number of aromatic nitrogens is 1. The molecule has 1 aromatic heterocycles. The van der Waals surface area contributed by atoms with Gasteiger partial charge in [-0.05, 0) is 26.3 Å². The van der Waals surface area contributed by atoms with Crippen molar-refractivity contribution >= 4 is 0 Å². The second-order valence-electron chi connectivity index (χ2n) is 3.66. The summed E-state index contributed by atoms with van der Waals surface area (Å²) in [5.41, 5.74) is 1.41. The number of nitriles is 1. The number of pyridine rings is 1. The Hall–Kier alpha value is -1.56. The SMILES string of the molecule is CCCC(C)Oc1cc(C#N)cc(C)n1. The minimum Gasteiger partial charge on any atom is -0.475 e. The van der Waals surface area contributed by atoms with Crippen molar-refractivity contribution in [3.05, 3.63) is 23.4 Å². The zero-order valence-electron chi connectivity index (χ0n) is 9.45. The molecule has 0 saturated carbocycles. The monoisotopic (exact) mass is 204 g/mol. The van der Waals surface area contributed by atoms with Crippen molar-refractivity contribution in [2.75, 3.05) is 0 Å². The van der Waals surface area contributed by atoms with Gasteiger partial charge in [0.15, 0.2) is 0 Å². The molecule has 15 heavy (non-hydrogen) atoms. The van der Waals surface area contributed by atoms with Crippen LogP contribution < -0.4 is 4.74 Å². The molecule has 1 unspecified atom stereocenters. The molecule has 1 heterocycles. The molecule has 0 radical (unpaired) electrons. The maximum Gasteiger partial charge on any atom is 0.215 e. The predicted molar refractivity (Wildman–Crippen MR) is 58.7 cm³/mol. The van der Waals surface area contributed by atoms with Crippen molar-refractivity contribution in [3.8, 4) is 11.9 Å². The first kappa shape index (κ1) is 11.5. The highest BCUT2D eigenvalue weighted by molar-refractivity contribution is 5.34. The Morgan fingerprint density at radius 3 is 2.87 bits per heavy atom. The molecule has 0 N–H and O–H groups in total. The second kappa shape index (κ2) is 5.35. The van der Waals surface area contributed by atoms with Crippen LogP contribution in [-0.4, -0.2) is 11.1 Å². The van der Waals surface area contributed by atoms with Crippen LogP contribution in [0.2, 0.25) is 0 Å². The van der Waals surface area contributed by atoms with Crippen LogP contribution in [0.3, 0.4) is 0 Å². The lowest BCUT2D eigenvalue weighted by Gasteiger charge is -2.13. The van der Waals surface area contributed by atoms with Crippen LogP contribution in [0.1, 0.15) is 37.9 Å². The minimum atomic E-state index is 0.149. The summed E-state index contributed by atoms with van der Waals surface area (Å²) < 4.78 is 5.62. The molecule has 0 saturated heterocycles. The van der Waals surface area contributed by atoms with Crippen LogP contribution in [0.25, 0.3) is 0 Å². The van der Waals surface area contributed by atoms with Gasteiger partial charge >= 0.3 is 0 Å². The zero-order chi connectivity index (χ0) is 11.3. The molecule has 1 atom stereocenters. The maximum atomic E-state index is 8.79. The quantitative estimate of drug-likeness (QED) is 0.757. The third-order valence-electron chi connectivity index (χ3n) is 2.08. The Morgan fingerprint density at radius 2 is 2.27 bits per heavy atom. The molecular formula is C12H16N2O. The van der Waals surface area contributed by atoms with Gasteiger partial charge < -0.3 is 4.74 Å². The Labute approximate surface area is 90.7 Å². The first-order valence-corrected chi connectivity index (χ1v) is 5.21. The average Bonchev–Trinajstić information content (AvgIpc) is 2.17. The van der Waals surface area contributed by atoms with Gasteiger partial charge in [0.25, 0.3) is 0 Å². The zero-order valence-corrected chi connectivity index (χ0v) is 9.45. The molecule has 0 fully saturated rings. The van der Waals surface area contributed by atoms with Gasteiger partial charge in [-0.2, -0.15) is 5.26 Å². The molecule has 0 aliphatic rings. The Kier molecular flexibility index (Phi) is 4.11. The van der Waals surface area contributed by atoms with Crippen molar-refractivity contribution in [2.24, 2.45) is 0 Å². The Balaban J connectivity index is 2.77. The summed E-state index contributed by atoms with van der Waals surface area (Å²) in [6.07, 6.45) is 2.23. The van der Waals surface area contributed by atoms with E-state index in [4.69, 9.17) is 10.00 Å². The highest BCUT2D eigenvalue weighted by atomic mass is 16.5. The van der Waals surface area contributed by atoms with Crippen LogP contribution in [0.4, 0.5) is 0 Å². The van der Waals surface area contributed by atoms with E-state index in [1.165, 1.54) is 0 Å². The van der Waals surface area contributed by atoms with Crippen LogP contribution in [0, 0.1) is 18.3 Å². The molecule has 0 aliphatic heterocycles. The van der Waals surface area contributed by atoms with E-state index in [9.17, 15) is 0 Å². The fraction of sp³-hybridized carbons (Fsp3) is 0.500. The molecule has 0 spiro atoms. The summed E-state index contributed by atoms with van der Waals surface area (Å²) in [5, 5.41) is 8.79. The molecule has 3 nitrogen and oxygen atoms in total. The van der Waals surface area contributed by atoms with E-state index in [0.29, 0.717) is 11.4 Å². The molecule has 1 rings (SSSR count). The van der Waals surface area contributed by atoms with E-state index in [2.05, 4.69) is 18.0 Å². The smallest absolute Gasteiger partial charge is 0.215 e. The molecule has 80 valence electrons. The molecular weight excluding hydrogens is 188 g/mol. The number of hydrogen-bond acceptors (Lipinski definition) is 3.